The molecule has 0 unspecified atom stereocenters. The average molecular weight is 418 g/mol. The van der Waals surface area contributed by atoms with Gasteiger partial charge in [-0.3, -0.25) is 9.79 Å². The SMILES string of the molecule is CN=C(NCCNC(=O)c1ccc(Cl)c(Cl)c1)NCCN(C)CCCOC. The molecular weight excluding hydrogens is 389 g/mol. The summed E-state index contributed by atoms with van der Waals surface area (Å²) in [4.78, 5) is 18.5. The van der Waals surface area contributed by atoms with Gasteiger partial charge in [-0.15, -0.1) is 0 Å². The standard InChI is InChI=1S/C18H29Cl2N5O2/c1-21-18(24-9-11-25(2)10-4-12-27-3)23-8-7-22-17(26)14-5-6-15(19)16(20)13-14/h5-6,13H,4,7-12H2,1-3H3,(H,22,26)(H2,21,23,24). The van der Waals surface area contributed by atoms with Crippen molar-refractivity contribution in [2.75, 3.05) is 60.5 Å². The molecule has 3 N–H and O–H groups in total. The lowest BCUT2D eigenvalue weighted by Crippen LogP contribution is -2.43. The van der Waals surface area contributed by atoms with E-state index in [1.807, 2.05) is 0 Å². The van der Waals surface area contributed by atoms with Crippen LogP contribution in [-0.4, -0.2) is 77.3 Å². The highest BCUT2D eigenvalue weighted by Gasteiger charge is 2.07. The number of likely N-dealkylation sites (N-methyl/N-ethyl adjacent to an activating group) is 1. The number of carbonyl (C=O) groups is 1. The number of nitrogens with one attached hydrogen (secondary N) is 3. The monoisotopic (exact) mass is 417 g/mol. The molecule has 1 aromatic carbocycles. The molecule has 27 heavy (non-hydrogen) atoms. The second-order valence-corrected chi connectivity index (χ2v) is 6.77. The highest BCUT2D eigenvalue weighted by molar-refractivity contribution is 6.42. The van der Waals surface area contributed by atoms with E-state index in [4.69, 9.17) is 27.9 Å². The molecule has 7 nitrogen and oxygen atoms in total. The zero-order valence-corrected chi connectivity index (χ0v) is 17.7. The predicted molar refractivity (Wildman–Crippen MR) is 112 cm³/mol. The van der Waals surface area contributed by atoms with Gasteiger partial charge < -0.3 is 25.6 Å². The minimum absolute atomic E-state index is 0.198. The van der Waals surface area contributed by atoms with Crippen molar-refractivity contribution in [3.8, 4) is 0 Å². The first kappa shape index (κ1) is 23.5. The molecule has 0 heterocycles. The Kier molecular flexibility index (Phi) is 11.8. The van der Waals surface area contributed by atoms with E-state index in [-0.39, 0.29) is 5.91 Å². The number of ether oxygens (including phenoxy) is 1. The summed E-state index contributed by atoms with van der Waals surface area (Å²) in [6.07, 6.45) is 1.01. The molecule has 0 saturated carbocycles. The van der Waals surface area contributed by atoms with Gasteiger partial charge in [0.25, 0.3) is 5.91 Å². The summed E-state index contributed by atoms with van der Waals surface area (Å²) in [5, 5.41) is 10.0. The molecule has 1 aromatic rings. The summed E-state index contributed by atoms with van der Waals surface area (Å²) in [5.74, 6) is 0.500. The van der Waals surface area contributed by atoms with Gasteiger partial charge in [-0.05, 0) is 31.7 Å². The third-order valence-electron chi connectivity index (χ3n) is 3.78. The fraction of sp³-hybridized carbons (Fsp3) is 0.556. The average Bonchev–Trinajstić information content (AvgIpc) is 2.65. The normalized spacial score (nSPS) is 11.6. The van der Waals surface area contributed by atoms with Gasteiger partial charge in [0.05, 0.1) is 10.0 Å². The van der Waals surface area contributed by atoms with Crippen LogP contribution in [0.4, 0.5) is 0 Å². The van der Waals surface area contributed by atoms with Crippen LogP contribution in [0.15, 0.2) is 23.2 Å². The fourth-order valence-electron chi connectivity index (χ4n) is 2.27. The molecule has 0 atom stereocenters. The summed E-state index contributed by atoms with van der Waals surface area (Å²) >= 11 is 11.8. The topological polar surface area (TPSA) is 78.0 Å². The van der Waals surface area contributed by atoms with Crippen molar-refractivity contribution in [1.82, 2.24) is 20.9 Å². The van der Waals surface area contributed by atoms with Crippen molar-refractivity contribution < 1.29 is 9.53 Å². The highest BCUT2D eigenvalue weighted by atomic mass is 35.5. The summed E-state index contributed by atoms with van der Waals surface area (Å²) < 4.78 is 5.05. The molecule has 9 heteroatoms. The van der Waals surface area contributed by atoms with Crippen LogP contribution in [0.3, 0.4) is 0 Å². The number of benzene rings is 1. The second kappa shape index (κ2) is 13.6. The van der Waals surface area contributed by atoms with Crippen LogP contribution in [0.1, 0.15) is 16.8 Å². The quantitative estimate of drug-likeness (QED) is 0.291. The maximum Gasteiger partial charge on any atom is 0.251 e. The molecule has 0 radical (unpaired) electrons. The number of carbonyl (C=O) groups excluding carboxylic acids is 1. The lowest BCUT2D eigenvalue weighted by atomic mass is 10.2. The Morgan fingerprint density at radius 2 is 1.81 bits per heavy atom. The Labute approximate surface area is 171 Å². The summed E-state index contributed by atoms with van der Waals surface area (Å²) in [6, 6.07) is 4.80. The summed E-state index contributed by atoms with van der Waals surface area (Å²) in [5.41, 5.74) is 0.475. The van der Waals surface area contributed by atoms with Crippen LogP contribution in [0.2, 0.25) is 10.0 Å². The molecule has 152 valence electrons. The van der Waals surface area contributed by atoms with Gasteiger partial charge in [-0.25, -0.2) is 0 Å². The molecule has 0 spiro atoms. The van der Waals surface area contributed by atoms with Crippen molar-refractivity contribution >= 4 is 35.1 Å². The number of aliphatic imine (C=N–C) groups is 1. The van der Waals surface area contributed by atoms with E-state index in [9.17, 15) is 4.79 Å². The van der Waals surface area contributed by atoms with Gasteiger partial charge in [0.1, 0.15) is 0 Å². The van der Waals surface area contributed by atoms with Crippen molar-refractivity contribution in [2.24, 2.45) is 4.99 Å². The van der Waals surface area contributed by atoms with E-state index < -0.39 is 0 Å². The first-order valence-corrected chi connectivity index (χ1v) is 9.58. The van der Waals surface area contributed by atoms with Gasteiger partial charge in [0.15, 0.2) is 5.96 Å². The molecule has 0 aliphatic carbocycles. The number of hydrogen-bond donors (Lipinski definition) is 3. The predicted octanol–water partition coefficient (Wildman–Crippen LogP) is 1.86. The van der Waals surface area contributed by atoms with Crippen molar-refractivity contribution in [3.05, 3.63) is 33.8 Å². The van der Waals surface area contributed by atoms with Crippen LogP contribution < -0.4 is 16.0 Å². The number of amides is 1. The maximum absolute atomic E-state index is 12.1. The number of guanidine groups is 1. The zero-order valence-electron chi connectivity index (χ0n) is 16.1. The van der Waals surface area contributed by atoms with Gasteiger partial charge in [-0.2, -0.15) is 0 Å². The lowest BCUT2D eigenvalue weighted by Gasteiger charge is -2.18. The van der Waals surface area contributed by atoms with E-state index in [2.05, 4.69) is 32.9 Å². The maximum atomic E-state index is 12.1. The summed E-state index contributed by atoms with van der Waals surface area (Å²) in [6.45, 7) is 4.45. The third-order valence-corrected chi connectivity index (χ3v) is 4.52. The lowest BCUT2D eigenvalue weighted by molar-refractivity contribution is 0.0954. The van der Waals surface area contributed by atoms with E-state index in [1.165, 1.54) is 0 Å². The highest BCUT2D eigenvalue weighted by Crippen LogP contribution is 2.22. The first-order valence-electron chi connectivity index (χ1n) is 8.83. The van der Waals surface area contributed by atoms with Crippen LogP contribution in [0, 0.1) is 0 Å². The van der Waals surface area contributed by atoms with E-state index in [1.54, 1.807) is 32.4 Å². The molecule has 0 aliphatic heterocycles. The van der Waals surface area contributed by atoms with Crippen LogP contribution >= 0.6 is 23.2 Å². The molecule has 0 aliphatic rings. The number of halogens is 2. The van der Waals surface area contributed by atoms with Crippen LogP contribution in [0.5, 0.6) is 0 Å². The van der Waals surface area contributed by atoms with Crippen LogP contribution in [0.25, 0.3) is 0 Å². The fourth-order valence-corrected chi connectivity index (χ4v) is 2.57. The zero-order chi connectivity index (χ0) is 20.1. The Morgan fingerprint density at radius 1 is 1.11 bits per heavy atom. The molecular formula is C18H29Cl2N5O2. The largest absolute Gasteiger partial charge is 0.385 e. The number of hydrogen-bond acceptors (Lipinski definition) is 4. The first-order chi connectivity index (χ1) is 13.0. The Morgan fingerprint density at radius 3 is 2.48 bits per heavy atom. The molecule has 1 rings (SSSR count). The smallest absolute Gasteiger partial charge is 0.251 e. The van der Waals surface area contributed by atoms with E-state index in [0.717, 1.165) is 32.7 Å². The van der Waals surface area contributed by atoms with Gasteiger partial charge >= 0.3 is 0 Å². The van der Waals surface area contributed by atoms with Gasteiger partial charge in [0.2, 0.25) is 0 Å². The Bertz CT molecular complexity index is 613. The van der Waals surface area contributed by atoms with Crippen LogP contribution in [-0.2, 0) is 4.74 Å². The van der Waals surface area contributed by atoms with Crippen molar-refractivity contribution in [3.63, 3.8) is 0 Å². The summed E-state index contributed by atoms with van der Waals surface area (Å²) in [7, 11) is 5.50. The molecule has 0 aromatic heterocycles. The Balaban J connectivity index is 2.21. The number of rotatable bonds is 11. The van der Waals surface area contributed by atoms with E-state index in [0.29, 0.717) is 34.7 Å². The van der Waals surface area contributed by atoms with Gasteiger partial charge in [-0.1, -0.05) is 23.2 Å². The van der Waals surface area contributed by atoms with Crippen molar-refractivity contribution in [2.45, 2.75) is 6.42 Å². The molecule has 1 amide bonds. The third kappa shape index (κ3) is 9.81. The van der Waals surface area contributed by atoms with E-state index >= 15 is 0 Å². The Hall–Kier alpha value is -1.54. The molecule has 0 saturated heterocycles. The molecule has 0 fully saturated rings. The second-order valence-electron chi connectivity index (χ2n) is 5.96. The molecule has 0 bridgehead atoms. The van der Waals surface area contributed by atoms with Crippen molar-refractivity contribution in [1.29, 1.82) is 0 Å². The van der Waals surface area contributed by atoms with Gasteiger partial charge in [0, 0.05) is 59.1 Å². The minimum Gasteiger partial charge on any atom is -0.385 e. The number of nitrogens with zero attached hydrogens (tertiary/aromatic N) is 2. The minimum atomic E-state index is -0.198. The number of methoxy groups -OCH3 is 1.